The largest absolute Gasteiger partial charge is 0.386 e. The van der Waals surface area contributed by atoms with Gasteiger partial charge in [-0.15, -0.1) is 0 Å². The fourth-order valence-corrected chi connectivity index (χ4v) is 4.47. The molecule has 160 valence electrons. The molecule has 0 fully saturated rings. The van der Waals surface area contributed by atoms with Crippen molar-refractivity contribution in [1.82, 2.24) is 14.5 Å². The summed E-state index contributed by atoms with van der Waals surface area (Å²) in [6.07, 6.45) is -1.05. The molecule has 3 aromatic carbocycles. The van der Waals surface area contributed by atoms with Gasteiger partial charge in [0.2, 0.25) is 5.91 Å². The van der Waals surface area contributed by atoms with E-state index in [0.717, 1.165) is 5.56 Å². The lowest BCUT2D eigenvalue weighted by atomic mass is 9.95. The maximum Gasteiger partial charge on any atom is 0.262 e. The molecule has 3 atom stereocenters. The zero-order valence-electron chi connectivity index (χ0n) is 17.6. The Bertz CT molecular complexity index is 1340. The molecule has 0 saturated carbocycles. The van der Waals surface area contributed by atoms with Crippen LogP contribution < -0.4 is 5.56 Å². The van der Waals surface area contributed by atoms with Crippen molar-refractivity contribution < 1.29 is 9.90 Å². The van der Waals surface area contributed by atoms with Crippen LogP contribution in [-0.2, 0) is 11.3 Å². The predicted octanol–water partition coefficient (Wildman–Crippen LogP) is 3.77. The van der Waals surface area contributed by atoms with Crippen molar-refractivity contribution >= 4 is 16.8 Å². The van der Waals surface area contributed by atoms with Crippen molar-refractivity contribution in [3.8, 4) is 0 Å². The minimum absolute atomic E-state index is 0.222. The minimum atomic E-state index is -1.05. The van der Waals surface area contributed by atoms with E-state index < -0.39 is 18.2 Å². The highest BCUT2D eigenvalue weighted by Crippen LogP contribution is 2.39. The van der Waals surface area contributed by atoms with Crippen LogP contribution >= 0.6 is 0 Å². The van der Waals surface area contributed by atoms with Crippen molar-refractivity contribution in [1.29, 1.82) is 0 Å². The fraction of sp³-hybridized carbons (Fsp3) is 0.192. The monoisotopic (exact) mass is 425 g/mol. The normalized spacial score (nSPS) is 19.1. The Balaban J connectivity index is 1.73. The van der Waals surface area contributed by atoms with Crippen molar-refractivity contribution in [2.45, 2.75) is 31.7 Å². The summed E-state index contributed by atoms with van der Waals surface area (Å²) < 4.78 is 1.45. The third kappa shape index (κ3) is 3.29. The number of carbonyl (C=O) groups excluding carboxylic acids is 1. The standard InChI is InChI=1S/C26H23N3O3/c1-17-25(31)28(16-18-10-4-2-5-11-18)22(23(30)19-12-6-3-7-13-19)24-27-21-15-9-8-14-20(21)26(32)29(17)24/h2-15,17,22-23,30H,16H2,1H3/t17-,22-,23+/m0/s1. The lowest BCUT2D eigenvalue weighted by Gasteiger charge is -2.42. The number of hydrogen-bond acceptors (Lipinski definition) is 4. The maximum absolute atomic E-state index is 13.6. The number of aliphatic hydroxyl groups excluding tert-OH is 1. The number of nitrogens with zero attached hydrogens (tertiary/aromatic N) is 3. The molecule has 1 aliphatic rings. The summed E-state index contributed by atoms with van der Waals surface area (Å²) in [7, 11) is 0. The van der Waals surface area contributed by atoms with E-state index in [1.54, 1.807) is 30.0 Å². The maximum atomic E-state index is 13.6. The summed E-state index contributed by atoms with van der Waals surface area (Å²) >= 11 is 0. The SMILES string of the molecule is C[C@H]1C(=O)N(Cc2ccccc2)[C@@H]([C@H](O)c2ccccc2)c2nc3ccccc3c(=O)n21. The van der Waals surface area contributed by atoms with Gasteiger partial charge in [-0.3, -0.25) is 14.2 Å². The first-order valence-corrected chi connectivity index (χ1v) is 10.6. The number of rotatable bonds is 4. The van der Waals surface area contributed by atoms with E-state index >= 15 is 0 Å². The van der Waals surface area contributed by atoms with Gasteiger partial charge in [0.25, 0.3) is 5.56 Å². The number of aliphatic hydroxyl groups is 1. The highest BCUT2D eigenvalue weighted by molar-refractivity contribution is 5.84. The molecular formula is C26H23N3O3. The zero-order valence-corrected chi connectivity index (χ0v) is 17.6. The van der Waals surface area contributed by atoms with Gasteiger partial charge in [-0.1, -0.05) is 72.8 Å². The highest BCUT2D eigenvalue weighted by Gasteiger charge is 2.43. The molecular weight excluding hydrogens is 402 g/mol. The number of amides is 1. The van der Waals surface area contributed by atoms with E-state index in [1.165, 1.54) is 4.57 Å². The molecule has 0 bridgehead atoms. The van der Waals surface area contributed by atoms with Crippen LogP contribution in [0, 0.1) is 0 Å². The zero-order chi connectivity index (χ0) is 22.2. The van der Waals surface area contributed by atoms with Gasteiger partial charge in [0.1, 0.15) is 24.0 Å². The smallest absolute Gasteiger partial charge is 0.262 e. The van der Waals surface area contributed by atoms with Gasteiger partial charge in [-0.25, -0.2) is 4.98 Å². The Labute approximate surface area is 185 Å². The molecule has 5 rings (SSSR count). The van der Waals surface area contributed by atoms with E-state index in [4.69, 9.17) is 4.98 Å². The summed E-state index contributed by atoms with van der Waals surface area (Å²) in [5.74, 6) is 0.175. The fourth-order valence-electron chi connectivity index (χ4n) is 4.47. The molecule has 4 aromatic rings. The van der Waals surface area contributed by atoms with Crippen LogP contribution in [0.1, 0.15) is 42.1 Å². The summed E-state index contributed by atoms with van der Waals surface area (Å²) in [6, 6.07) is 24.4. The van der Waals surface area contributed by atoms with Crippen LogP contribution in [-0.4, -0.2) is 25.5 Å². The molecule has 1 N–H and O–H groups in total. The highest BCUT2D eigenvalue weighted by atomic mass is 16.3. The number of aromatic nitrogens is 2. The first-order chi connectivity index (χ1) is 15.6. The van der Waals surface area contributed by atoms with Crippen LogP contribution in [0.5, 0.6) is 0 Å². The second-order valence-corrected chi connectivity index (χ2v) is 8.09. The Morgan fingerprint density at radius 3 is 2.25 bits per heavy atom. The van der Waals surface area contributed by atoms with Crippen LogP contribution in [0.15, 0.2) is 89.7 Å². The van der Waals surface area contributed by atoms with Gasteiger partial charge in [0.05, 0.1) is 10.9 Å². The predicted molar refractivity (Wildman–Crippen MR) is 122 cm³/mol. The van der Waals surface area contributed by atoms with Gasteiger partial charge in [0.15, 0.2) is 0 Å². The third-order valence-electron chi connectivity index (χ3n) is 6.10. The molecule has 0 radical (unpaired) electrons. The first kappa shape index (κ1) is 20.2. The molecule has 0 saturated heterocycles. The third-order valence-corrected chi connectivity index (χ3v) is 6.10. The van der Waals surface area contributed by atoms with Crippen LogP contribution in [0.4, 0.5) is 0 Å². The van der Waals surface area contributed by atoms with Gasteiger partial charge in [-0.05, 0) is 30.2 Å². The average molecular weight is 425 g/mol. The van der Waals surface area contributed by atoms with E-state index in [-0.39, 0.29) is 11.5 Å². The quantitative estimate of drug-likeness (QED) is 0.540. The van der Waals surface area contributed by atoms with E-state index in [1.807, 2.05) is 66.7 Å². The van der Waals surface area contributed by atoms with Crippen molar-refractivity contribution in [2.75, 3.05) is 0 Å². The second-order valence-electron chi connectivity index (χ2n) is 8.09. The Morgan fingerprint density at radius 1 is 0.906 bits per heavy atom. The Morgan fingerprint density at radius 2 is 1.53 bits per heavy atom. The molecule has 1 aromatic heterocycles. The summed E-state index contributed by atoms with van der Waals surface area (Å²) in [6.45, 7) is 2.02. The topological polar surface area (TPSA) is 75.4 Å². The summed E-state index contributed by atoms with van der Waals surface area (Å²) in [5, 5.41) is 11.9. The molecule has 6 nitrogen and oxygen atoms in total. The lowest BCUT2D eigenvalue weighted by molar-refractivity contribution is -0.144. The molecule has 1 amide bonds. The van der Waals surface area contributed by atoms with E-state index in [2.05, 4.69) is 0 Å². The van der Waals surface area contributed by atoms with Crippen molar-refractivity contribution in [3.05, 3.63) is 112 Å². The van der Waals surface area contributed by atoms with Gasteiger partial charge < -0.3 is 10.0 Å². The van der Waals surface area contributed by atoms with Crippen LogP contribution in [0.2, 0.25) is 0 Å². The Kier molecular flexibility index (Phi) is 5.07. The van der Waals surface area contributed by atoms with Crippen LogP contribution in [0.25, 0.3) is 10.9 Å². The second kappa shape index (κ2) is 8.05. The van der Waals surface area contributed by atoms with Gasteiger partial charge >= 0.3 is 0 Å². The van der Waals surface area contributed by atoms with Crippen molar-refractivity contribution in [2.24, 2.45) is 0 Å². The number of hydrogen-bond donors (Lipinski definition) is 1. The van der Waals surface area contributed by atoms with Crippen molar-refractivity contribution in [3.63, 3.8) is 0 Å². The number of para-hydroxylation sites is 1. The lowest BCUT2D eigenvalue weighted by Crippen LogP contribution is -2.50. The molecule has 6 heteroatoms. The minimum Gasteiger partial charge on any atom is -0.386 e. The number of benzene rings is 3. The molecule has 2 heterocycles. The molecule has 1 aliphatic heterocycles. The Hall–Kier alpha value is -3.77. The van der Waals surface area contributed by atoms with Gasteiger partial charge in [0, 0.05) is 6.54 Å². The molecule has 0 aliphatic carbocycles. The number of fused-ring (bicyclic) bond motifs is 2. The average Bonchev–Trinajstić information content (AvgIpc) is 2.83. The molecule has 32 heavy (non-hydrogen) atoms. The summed E-state index contributed by atoms with van der Waals surface area (Å²) in [5.41, 5.74) is 1.88. The first-order valence-electron chi connectivity index (χ1n) is 10.6. The summed E-state index contributed by atoms with van der Waals surface area (Å²) in [4.78, 5) is 33.4. The van der Waals surface area contributed by atoms with E-state index in [0.29, 0.717) is 28.8 Å². The number of carbonyl (C=O) groups is 1. The van der Waals surface area contributed by atoms with Crippen LogP contribution in [0.3, 0.4) is 0 Å². The molecule has 0 spiro atoms. The molecule has 0 unspecified atom stereocenters. The van der Waals surface area contributed by atoms with Gasteiger partial charge in [-0.2, -0.15) is 0 Å². The van der Waals surface area contributed by atoms with E-state index in [9.17, 15) is 14.7 Å².